The van der Waals surface area contributed by atoms with E-state index in [0.717, 1.165) is 28.1 Å². The summed E-state index contributed by atoms with van der Waals surface area (Å²) in [5.41, 5.74) is -3.14. The number of nitrogens with zero attached hydrogens (tertiary/aromatic N) is 3. The van der Waals surface area contributed by atoms with Crippen molar-refractivity contribution in [2.45, 2.75) is 49.6 Å². The first kappa shape index (κ1) is 43.8. The number of rotatable bonds is 18. The Morgan fingerprint density at radius 3 is 2.24 bits per heavy atom. The molecule has 1 unspecified atom stereocenters. The fourth-order valence-electron chi connectivity index (χ4n) is 6.66. The van der Waals surface area contributed by atoms with Crippen LogP contribution >= 0.6 is 28.7 Å². The van der Waals surface area contributed by atoms with Crippen molar-refractivity contribution < 1.29 is 32.9 Å². The van der Waals surface area contributed by atoms with Crippen LogP contribution in [0.5, 0.6) is 11.5 Å². The topological polar surface area (TPSA) is 177 Å². The molecule has 0 saturated carbocycles. The highest BCUT2D eigenvalue weighted by Gasteiger charge is 2.45. The van der Waals surface area contributed by atoms with E-state index in [2.05, 4.69) is 4.98 Å². The molecule has 4 atom stereocenters. The summed E-state index contributed by atoms with van der Waals surface area (Å²) in [6.07, 6.45) is -1.21. The zero-order chi connectivity index (χ0) is 42.2. The van der Waals surface area contributed by atoms with Crippen molar-refractivity contribution in [3.05, 3.63) is 167 Å². The average molecular weight is 879 g/mol. The van der Waals surface area contributed by atoms with Crippen molar-refractivity contribution in [1.82, 2.24) is 9.55 Å². The Balaban J connectivity index is 1.42. The van der Waals surface area contributed by atoms with Gasteiger partial charge in [-0.25, -0.2) is 4.79 Å². The molecule has 0 spiro atoms. The number of benzene rings is 4. The molecular formula is C41H40ClN4O10PS2. The molecule has 6 rings (SSSR count). The van der Waals surface area contributed by atoms with Gasteiger partial charge in [0.25, 0.3) is 11.2 Å². The molecule has 59 heavy (non-hydrogen) atoms. The van der Waals surface area contributed by atoms with Gasteiger partial charge in [0.15, 0.2) is 0 Å². The van der Waals surface area contributed by atoms with Gasteiger partial charge in [0, 0.05) is 40.6 Å². The number of nitrogens with one attached hydrogen (secondary N) is 1. The zero-order valence-electron chi connectivity index (χ0n) is 32.1. The Hall–Kier alpha value is -4.82. The van der Waals surface area contributed by atoms with Crippen molar-refractivity contribution in [3.8, 4) is 17.6 Å². The third-order valence-corrected chi connectivity index (χ3v) is 15.1. The highest BCUT2D eigenvalue weighted by atomic mass is 35.5. The molecule has 1 aromatic heterocycles. The number of hydrogen-bond donors (Lipinski definition) is 1. The number of nitro benzene ring substituents is 1. The summed E-state index contributed by atoms with van der Waals surface area (Å²) < 4.78 is 38.9. The van der Waals surface area contributed by atoms with Crippen LogP contribution in [0.25, 0.3) is 0 Å². The van der Waals surface area contributed by atoms with E-state index in [9.17, 15) is 25.0 Å². The molecule has 2 heterocycles. The van der Waals surface area contributed by atoms with Gasteiger partial charge in [0.05, 0.1) is 51.0 Å². The lowest BCUT2D eigenvalue weighted by Gasteiger charge is -2.37. The van der Waals surface area contributed by atoms with Crippen LogP contribution in [0, 0.1) is 28.4 Å². The fraction of sp³-hybridized carbons (Fsp3) is 0.293. The second-order valence-corrected chi connectivity index (χ2v) is 20.0. The van der Waals surface area contributed by atoms with Crippen LogP contribution in [0.1, 0.15) is 46.9 Å². The lowest BCUT2D eigenvalue weighted by Crippen LogP contribution is -2.38. The van der Waals surface area contributed by atoms with Crippen LogP contribution in [-0.2, 0) is 41.7 Å². The van der Waals surface area contributed by atoms with Gasteiger partial charge < -0.3 is 28.0 Å². The Morgan fingerprint density at radius 1 is 1.02 bits per heavy atom. The monoisotopic (exact) mass is 878 g/mol. The summed E-state index contributed by atoms with van der Waals surface area (Å²) in [6, 6.07) is 31.1. The van der Waals surface area contributed by atoms with Crippen LogP contribution in [-0.4, -0.2) is 54.1 Å². The summed E-state index contributed by atoms with van der Waals surface area (Å²) in [7, 11) is 3.17. The first-order valence-electron chi connectivity index (χ1n) is 18.2. The minimum Gasteiger partial charge on any atom is -0.497 e. The molecule has 0 aliphatic carbocycles. The molecule has 1 N–H and O–H groups in total. The maximum atomic E-state index is 13.2. The van der Waals surface area contributed by atoms with E-state index in [1.54, 1.807) is 33.3 Å². The maximum absolute atomic E-state index is 13.2. The third-order valence-electron chi connectivity index (χ3n) is 9.62. The van der Waals surface area contributed by atoms with Crippen molar-refractivity contribution >= 4 is 46.2 Å². The summed E-state index contributed by atoms with van der Waals surface area (Å²) in [6.45, 7) is 1.39. The van der Waals surface area contributed by atoms with Crippen molar-refractivity contribution in [3.63, 3.8) is 0 Å². The van der Waals surface area contributed by atoms with Gasteiger partial charge >= 0.3 is 5.69 Å². The Morgan fingerprint density at radius 2 is 1.64 bits per heavy atom. The Labute approximate surface area is 354 Å². The van der Waals surface area contributed by atoms with Gasteiger partial charge in [-0.05, 0) is 71.8 Å². The number of nitriles is 1. The molecule has 1 aliphatic rings. The zero-order valence-corrected chi connectivity index (χ0v) is 35.4. The summed E-state index contributed by atoms with van der Waals surface area (Å²) in [5.74, 6) is 1.32. The smallest absolute Gasteiger partial charge is 0.330 e. The number of H-pyrrole nitrogens is 1. The minimum atomic E-state index is -3.43. The number of aryl methyl sites for hydroxylation is 1. The largest absolute Gasteiger partial charge is 0.497 e. The van der Waals surface area contributed by atoms with Crippen molar-refractivity contribution in [1.29, 1.82) is 5.26 Å². The lowest BCUT2D eigenvalue weighted by molar-refractivity contribution is -0.385. The molecule has 0 bridgehead atoms. The SMILES string of the molecule is COc1ccc(C(OC[C@H]2O[C@@H](n3cc(C)c(=O)[nH]c3=O)C[C@@H]2OP(=S)(OCCC#N)SCc2ccc(Cl)cc2[N+](=O)[O-])(c2ccccc2)c2ccc(OC)cc2)cc1. The molecule has 0 radical (unpaired) electrons. The van der Waals surface area contributed by atoms with E-state index < -0.39 is 45.9 Å². The van der Waals surface area contributed by atoms with Gasteiger partial charge in [0.2, 0.25) is 5.69 Å². The number of nitro groups is 1. The highest BCUT2D eigenvalue weighted by molar-refractivity contribution is 8.67. The van der Waals surface area contributed by atoms with Crippen molar-refractivity contribution in [2.24, 2.45) is 0 Å². The molecule has 1 fully saturated rings. The third kappa shape index (κ3) is 10.1. The second kappa shape index (κ2) is 19.5. The van der Waals surface area contributed by atoms with E-state index >= 15 is 0 Å². The molecule has 0 amide bonds. The van der Waals surface area contributed by atoms with Crippen LogP contribution in [0.2, 0.25) is 5.02 Å². The van der Waals surface area contributed by atoms with Gasteiger partial charge in [-0.3, -0.25) is 24.5 Å². The molecular weight excluding hydrogens is 839 g/mol. The number of halogens is 1. The predicted octanol–water partition coefficient (Wildman–Crippen LogP) is 8.19. The predicted molar refractivity (Wildman–Crippen MR) is 228 cm³/mol. The Bertz CT molecular complexity index is 2420. The summed E-state index contributed by atoms with van der Waals surface area (Å²) in [4.78, 5) is 39.3. The average Bonchev–Trinajstić information content (AvgIpc) is 3.64. The molecule has 4 aromatic carbocycles. The Kier molecular flexibility index (Phi) is 14.5. The highest BCUT2D eigenvalue weighted by Crippen LogP contribution is 2.64. The van der Waals surface area contributed by atoms with Crippen molar-refractivity contribution in [2.75, 3.05) is 27.4 Å². The van der Waals surface area contributed by atoms with E-state index in [0.29, 0.717) is 17.1 Å². The molecule has 1 aliphatic heterocycles. The van der Waals surface area contributed by atoms with Gasteiger partial charge in [-0.1, -0.05) is 77.6 Å². The number of aromatic nitrogens is 2. The van der Waals surface area contributed by atoms with Gasteiger partial charge in [-0.15, -0.1) is 0 Å². The van der Waals surface area contributed by atoms with Crippen LogP contribution in [0.3, 0.4) is 0 Å². The molecule has 5 aromatic rings. The maximum Gasteiger partial charge on any atom is 0.330 e. The minimum absolute atomic E-state index is 0.00903. The van der Waals surface area contributed by atoms with Gasteiger partial charge in [0.1, 0.15) is 29.4 Å². The molecule has 308 valence electrons. The van der Waals surface area contributed by atoms with E-state index in [-0.39, 0.29) is 48.1 Å². The number of hydrogen-bond acceptors (Lipinski definition) is 13. The second-order valence-electron chi connectivity index (χ2n) is 13.3. The molecule has 14 nitrogen and oxygen atoms in total. The molecule has 18 heteroatoms. The number of ether oxygens (including phenoxy) is 4. The normalized spacial score (nSPS) is 17.5. The van der Waals surface area contributed by atoms with Crippen LogP contribution in [0.15, 0.2) is 113 Å². The van der Waals surface area contributed by atoms with E-state index in [1.165, 1.54) is 16.8 Å². The lowest BCUT2D eigenvalue weighted by atomic mass is 9.80. The quantitative estimate of drug-likeness (QED) is 0.0293. The molecule has 1 saturated heterocycles. The standard InChI is InChI=1S/C41H40ClN4O10PS2/c1-27-24-45(40(48)44-39(27)47)38-23-36(56-57(58,54-21-7-20-43)59-26-28-10-15-32(42)22-35(28)46(49)50)37(55-38)25-53-41(29-8-5-4-6-9-29,30-11-16-33(51-2)17-12-30)31-13-18-34(52-3)19-14-31/h4-6,8-19,22,24,36-38H,7,21,23,25-26H2,1-3H3,(H,44,47,48)/t36-,37+,38+,57?/m0/s1. The van der Waals surface area contributed by atoms with E-state index in [1.807, 2.05) is 84.9 Å². The number of aromatic amines is 1. The van der Waals surface area contributed by atoms with Gasteiger partial charge in [-0.2, -0.15) is 5.26 Å². The van der Waals surface area contributed by atoms with Crippen LogP contribution in [0.4, 0.5) is 5.69 Å². The first-order valence-corrected chi connectivity index (χ1v) is 22.8. The number of methoxy groups -OCH3 is 2. The van der Waals surface area contributed by atoms with E-state index in [4.69, 9.17) is 51.4 Å². The van der Waals surface area contributed by atoms with Crippen LogP contribution < -0.4 is 20.7 Å². The summed E-state index contributed by atoms with van der Waals surface area (Å²) in [5, 5.41) is 21.5. The first-order chi connectivity index (χ1) is 28.4. The fourth-order valence-corrected chi connectivity index (χ4v) is 11.3. The summed E-state index contributed by atoms with van der Waals surface area (Å²) >= 11 is 13.2.